The molecule has 0 aliphatic carbocycles. The minimum absolute atomic E-state index is 0.562. The van der Waals surface area contributed by atoms with Gasteiger partial charge in [-0.3, -0.25) is 0 Å². The minimum atomic E-state index is 0.562. The summed E-state index contributed by atoms with van der Waals surface area (Å²) in [5.41, 5.74) is 6.88. The molecular formula is C20H23BrN4O2. The lowest BCUT2D eigenvalue weighted by atomic mass is 10.2. The van der Waals surface area contributed by atoms with Gasteiger partial charge < -0.3 is 14.5 Å². The molecular weight excluding hydrogens is 408 g/mol. The third-order valence-corrected chi connectivity index (χ3v) is 4.39. The Kier molecular flexibility index (Phi) is 6.34. The maximum Gasteiger partial charge on any atom is 0.222 e. The Balaban J connectivity index is 1.76. The number of aromatic amines is 1. The normalized spacial score (nSPS) is 11.3. The van der Waals surface area contributed by atoms with Crippen molar-refractivity contribution in [2.45, 2.75) is 27.2 Å². The van der Waals surface area contributed by atoms with E-state index in [1.807, 2.05) is 38.1 Å². The molecule has 0 aliphatic rings. The number of rotatable bonds is 8. The van der Waals surface area contributed by atoms with E-state index in [0.717, 1.165) is 33.2 Å². The lowest BCUT2D eigenvalue weighted by molar-refractivity contribution is 0.275. The minimum Gasteiger partial charge on any atom is -0.490 e. The molecule has 0 amide bonds. The van der Waals surface area contributed by atoms with Crippen LogP contribution in [0.3, 0.4) is 0 Å². The number of nitrogens with zero attached hydrogens (tertiary/aromatic N) is 2. The number of aryl methyl sites for hydroxylation is 1. The Morgan fingerprint density at radius 3 is 2.85 bits per heavy atom. The number of benzene rings is 2. The first-order chi connectivity index (χ1) is 13.1. The Labute approximate surface area is 167 Å². The lowest BCUT2D eigenvalue weighted by Gasteiger charge is -2.14. The van der Waals surface area contributed by atoms with Crippen molar-refractivity contribution in [1.29, 1.82) is 0 Å². The van der Waals surface area contributed by atoms with E-state index >= 15 is 0 Å². The van der Waals surface area contributed by atoms with Gasteiger partial charge in [-0.1, -0.05) is 13.0 Å². The second-order valence-corrected chi connectivity index (χ2v) is 6.94. The van der Waals surface area contributed by atoms with Crippen LogP contribution in [0.4, 0.5) is 5.95 Å². The van der Waals surface area contributed by atoms with Crippen molar-refractivity contribution in [1.82, 2.24) is 9.97 Å². The van der Waals surface area contributed by atoms with Gasteiger partial charge in [0.2, 0.25) is 5.95 Å². The first-order valence-electron chi connectivity index (χ1n) is 8.95. The lowest BCUT2D eigenvalue weighted by Crippen LogP contribution is -2.02. The highest BCUT2D eigenvalue weighted by Crippen LogP contribution is 2.36. The van der Waals surface area contributed by atoms with Gasteiger partial charge in [0.15, 0.2) is 11.5 Å². The molecule has 0 unspecified atom stereocenters. The number of halogens is 1. The van der Waals surface area contributed by atoms with Gasteiger partial charge in [0.05, 0.1) is 34.9 Å². The first kappa shape index (κ1) is 19.2. The van der Waals surface area contributed by atoms with Crippen molar-refractivity contribution in [2.75, 3.05) is 18.6 Å². The van der Waals surface area contributed by atoms with Gasteiger partial charge >= 0.3 is 0 Å². The van der Waals surface area contributed by atoms with Crippen LogP contribution in [-0.2, 0) is 0 Å². The summed E-state index contributed by atoms with van der Waals surface area (Å²) in [5, 5.41) is 4.28. The van der Waals surface area contributed by atoms with Gasteiger partial charge in [0.25, 0.3) is 0 Å². The van der Waals surface area contributed by atoms with Crippen LogP contribution in [0.15, 0.2) is 39.9 Å². The summed E-state index contributed by atoms with van der Waals surface area (Å²) in [6.07, 6.45) is 2.65. The van der Waals surface area contributed by atoms with Crippen LogP contribution in [-0.4, -0.2) is 29.4 Å². The second kappa shape index (κ2) is 8.90. The van der Waals surface area contributed by atoms with E-state index < -0.39 is 0 Å². The van der Waals surface area contributed by atoms with Gasteiger partial charge in [-0.15, -0.1) is 0 Å². The van der Waals surface area contributed by atoms with Crippen LogP contribution in [0, 0.1) is 6.92 Å². The van der Waals surface area contributed by atoms with Crippen LogP contribution in [0.1, 0.15) is 31.4 Å². The molecule has 2 N–H and O–H groups in total. The van der Waals surface area contributed by atoms with Gasteiger partial charge in [-0.05, 0) is 71.6 Å². The third-order valence-electron chi connectivity index (χ3n) is 3.80. The SMILES string of the molecule is CCCOc1c(Br)cc(/C=N\Nc2nc3ccc(C)cc3[nH]2)cc1OCC. The average Bonchev–Trinajstić information content (AvgIpc) is 3.03. The van der Waals surface area contributed by atoms with E-state index in [0.29, 0.717) is 24.9 Å². The fourth-order valence-corrected chi connectivity index (χ4v) is 3.19. The van der Waals surface area contributed by atoms with Crippen molar-refractivity contribution in [3.63, 3.8) is 0 Å². The van der Waals surface area contributed by atoms with E-state index in [-0.39, 0.29) is 0 Å². The maximum atomic E-state index is 5.79. The Morgan fingerprint density at radius 1 is 1.22 bits per heavy atom. The monoisotopic (exact) mass is 430 g/mol. The largest absolute Gasteiger partial charge is 0.490 e. The molecule has 3 aromatic rings. The topological polar surface area (TPSA) is 71.5 Å². The summed E-state index contributed by atoms with van der Waals surface area (Å²) in [5.74, 6) is 2.01. The molecule has 2 aromatic carbocycles. The number of hydrazone groups is 1. The molecule has 0 fully saturated rings. The van der Waals surface area contributed by atoms with Crippen LogP contribution in [0.25, 0.3) is 11.0 Å². The van der Waals surface area contributed by atoms with Gasteiger partial charge in [0.1, 0.15) is 0 Å². The van der Waals surface area contributed by atoms with Crippen LogP contribution >= 0.6 is 15.9 Å². The van der Waals surface area contributed by atoms with Crippen molar-refractivity contribution >= 4 is 39.1 Å². The zero-order chi connectivity index (χ0) is 19.2. The van der Waals surface area contributed by atoms with Crippen LogP contribution in [0.5, 0.6) is 11.5 Å². The highest BCUT2D eigenvalue weighted by atomic mass is 79.9. The fraction of sp³-hybridized carbons (Fsp3) is 0.300. The number of nitrogens with one attached hydrogen (secondary N) is 2. The molecule has 7 heteroatoms. The number of ether oxygens (including phenoxy) is 2. The molecule has 1 heterocycles. The van der Waals surface area contributed by atoms with E-state index in [2.05, 4.69) is 49.4 Å². The summed E-state index contributed by atoms with van der Waals surface area (Å²) in [6, 6.07) is 9.92. The molecule has 1 aromatic heterocycles. The molecule has 0 atom stereocenters. The average molecular weight is 431 g/mol. The predicted octanol–water partition coefficient (Wildman–Crippen LogP) is 5.27. The van der Waals surface area contributed by atoms with Crippen molar-refractivity contribution in [3.8, 4) is 11.5 Å². The van der Waals surface area contributed by atoms with E-state index in [4.69, 9.17) is 9.47 Å². The smallest absolute Gasteiger partial charge is 0.222 e. The Hall–Kier alpha value is -2.54. The number of hydrogen-bond donors (Lipinski definition) is 2. The van der Waals surface area contributed by atoms with Crippen LogP contribution in [0.2, 0.25) is 0 Å². The second-order valence-electron chi connectivity index (χ2n) is 6.09. The van der Waals surface area contributed by atoms with Gasteiger partial charge in [-0.2, -0.15) is 5.10 Å². The highest BCUT2D eigenvalue weighted by Gasteiger charge is 2.11. The number of imidazole rings is 1. The first-order valence-corrected chi connectivity index (χ1v) is 9.74. The standard InChI is InChI=1S/C20H23BrN4O2/c1-4-8-27-19-15(21)10-14(11-18(19)26-5-2)12-22-25-20-23-16-7-6-13(3)9-17(16)24-20/h6-7,9-12H,4-5,8H2,1-3H3,(H2,23,24,25)/b22-12-. The zero-order valence-corrected chi connectivity index (χ0v) is 17.3. The van der Waals surface area contributed by atoms with Crippen LogP contribution < -0.4 is 14.9 Å². The molecule has 0 radical (unpaired) electrons. The van der Waals surface area contributed by atoms with E-state index in [1.165, 1.54) is 5.56 Å². The number of hydrogen-bond acceptors (Lipinski definition) is 5. The molecule has 0 saturated carbocycles. The zero-order valence-electron chi connectivity index (χ0n) is 15.7. The van der Waals surface area contributed by atoms with E-state index in [1.54, 1.807) is 6.21 Å². The Morgan fingerprint density at radius 2 is 2.07 bits per heavy atom. The van der Waals surface area contributed by atoms with Gasteiger partial charge in [0, 0.05) is 0 Å². The predicted molar refractivity (Wildman–Crippen MR) is 113 cm³/mol. The summed E-state index contributed by atoms with van der Waals surface area (Å²) >= 11 is 3.56. The number of fused-ring (bicyclic) bond motifs is 1. The van der Waals surface area contributed by atoms with Crippen molar-refractivity contribution < 1.29 is 9.47 Å². The molecule has 0 bridgehead atoms. The third kappa shape index (κ3) is 4.80. The highest BCUT2D eigenvalue weighted by molar-refractivity contribution is 9.10. The molecule has 142 valence electrons. The summed E-state index contributed by atoms with van der Waals surface area (Å²) in [4.78, 5) is 7.67. The number of aromatic nitrogens is 2. The number of anilines is 1. The fourth-order valence-electron chi connectivity index (χ4n) is 2.61. The Bertz CT molecular complexity index is 953. The summed E-state index contributed by atoms with van der Waals surface area (Å²) < 4.78 is 12.3. The quantitative estimate of drug-likeness (QED) is 0.377. The molecule has 6 nitrogen and oxygen atoms in total. The number of H-pyrrole nitrogens is 1. The van der Waals surface area contributed by atoms with Crippen molar-refractivity contribution in [3.05, 3.63) is 45.9 Å². The molecule has 0 aliphatic heterocycles. The van der Waals surface area contributed by atoms with Gasteiger partial charge in [-0.25, -0.2) is 10.4 Å². The molecule has 3 rings (SSSR count). The van der Waals surface area contributed by atoms with E-state index in [9.17, 15) is 0 Å². The molecule has 0 spiro atoms. The summed E-state index contributed by atoms with van der Waals surface area (Å²) in [6.45, 7) is 7.27. The van der Waals surface area contributed by atoms with Crippen molar-refractivity contribution in [2.24, 2.45) is 5.10 Å². The summed E-state index contributed by atoms with van der Waals surface area (Å²) in [7, 11) is 0. The molecule has 0 saturated heterocycles. The maximum absolute atomic E-state index is 5.79. The molecule has 27 heavy (non-hydrogen) atoms.